The van der Waals surface area contributed by atoms with Crippen LogP contribution in [0.4, 0.5) is 0 Å². The monoisotopic (exact) mass is 100 g/mol. The van der Waals surface area contributed by atoms with Gasteiger partial charge in [0.25, 0.3) is 0 Å². The molecule has 0 spiro atoms. The smallest absolute Gasteiger partial charge is 0.210 e. The second-order valence-corrected chi connectivity index (χ2v) is 0.812. The van der Waals surface area contributed by atoms with Gasteiger partial charge in [0.15, 0.2) is 0 Å². The highest BCUT2D eigenvalue weighted by atomic mass is 16.3. The highest BCUT2D eigenvalue weighted by Gasteiger charge is 2.05. The molecule has 2 heteroatoms. The number of rotatable bonds is 3. The molecule has 0 bridgehead atoms. The van der Waals surface area contributed by atoms with Gasteiger partial charge >= 0.3 is 0 Å². The van der Waals surface area contributed by atoms with Crippen molar-refractivity contribution < 1.29 is 18.9 Å². The van der Waals surface area contributed by atoms with Crippen molar-refractivity contribution in [1.29, 1.82) is 1.43 Å². The Labute approximate surface area is 53.6 Å². The summed E-state index contributed by atoms with van der Waals surface area (Å²) in [6.45, 7) is -10.7. The second kappa shape index (κ2) is 1.58. The molecule has 6 heavy (non-hydrogen) atoms. The van der Waals surface area contributed by atoms with E-state index in [0.29, 0.717) is 0 Å². The molecule has 0 saturated heterocycles. The van der Waals surface area contributed by atoms with Crippen LogP contribution in [0.25, 0.3) is 0 Å². The molecule has 0 atom stereocenters. The molecule has 0 aliphatic carbocycles. The average molecular weight is 100 g/mol. The second-order valence-electron chi connectivity index (χ2n) is 0.812. The number of nitrogens with two attached hydrogens (primary N) is 1. The van der Waals surface area contributed by atoms with E-state index in [1.54, 1.807) is 0 Å². The molecule has 38 valence electrons. The van der Waals surface area contributed by atoms with E-state index in [0.717, 1.165) is 0 Å². The van der Waals surface area contributed by atoms with E-state index in [2.05, 4.69) is 5.11 Å². The van der Waals surface area contributed by atoms with Gasteiger partial charge in [-0.25, -0.2) is 0 Å². The Morgan fingerprint density at radius 2 is 3.33 bits per heavy atom. The fraction of sp³-hybridized carbons (Fsp3) is 1.00. The van der Waals surface area contributed by atoms with Crippen LogP contribution in [0.1, 0.15) is 24.7 Å². The van der Waals surface area contributed by atoms with Crippen LogP contribution in [0, 0.1) is 0 Å². The van der Waals surface area contributed by atoms with Gasteiger partial charge in [-0.3, -0.25) is 0 Å². The van der Waals surface area contributed by atoms with Crippen molar-refractivity contribution in [3.8, 4) is 0 Å². The van der Waals surface area contributed by atoms with Gasteiger partial charge in [-0.05, 0) is 13.7 Å². The summed E-state index contributed by atoms with van der Waals surface area (Å²) in [7, 11) is 0. The molecule has 0 aromatic carbocycles. The van der Waals surface area contributed by atoms with Crippen LogP contribution in [0.3, 0.4) is 0 Å². The molecule has 0 fully saturated rings. The molecule has 0 aromatic heterocycles. The van der Waals surface area contributed by atoms with E-state index in [1.165, 1.54) is 0 Å². The molecule has 0 aliphatic rings. The zero-order valence-electron chi connectivity index (χ0n) is 13.9. The van der Waals surface area contributed by atoms with Crippen molar-refractivity contribution in [1.82, 2.24) is 0 Å². The third-order valence-corrected chi connectivity index (χ3v) is 0.148. The van der Waals surface area contributed by atoms with Crippen molar-refractivity contribution in [3.05, 3.63) is 0 Å². The first-order chi connectivity index (χ1) is 7.25. The van der Waals surface area contributed by atoms with Crippen molar-refractivity contribution in [2.75, 3.05) is 6.56 Å². The summed E-state index contributed by atoms with van der Waals surface area (Å²) in [4.78, 5) is 0. The minimum Gasteiger partial charge on any atom is -0.394 e. The summed E-state index contributed by atoms with van der Waals surface area (Å²) in [5, 5.41) is 3.50. The van der Waals surface area contributed by atoms with Gasteiger partial charge in [-0.1, -0.05) is 0 Å². The normalized spacial score (nSPS) is 45.8. The molecule has 0 rings (SSSR count). The van der Waals surface area contributed by atoms with E-state index >= 15 is 0 Å². The summed E-state index contributed by atoms with van der Waals surface area (Å²) in [5.41, 5.74) is -4.36. The maximum Gasteiger partial charge on any atom is 0.210 e. The first kappa shape index (κ1) is 0.565. The maximum absolute atomic E-state index is 7.18. The summed E-state index contributed by atoms with van der Waals surface area (Å²) in [6, 6.07) is 0. The predicted molar refractivity (Wildman–Crippen MR) is 25.4 cm³/mol. The van der Waals surface area contributed by atoms with Crippen molar-refractivity contribution >= 4 is 0 Å². The van der Waals surface area contributed by atoms with Crippen molar-refractivity contribution in [2.24, 2.45) is 5.72 Å². The average Bonchev–Trinajstić information content (AvgIpc) is 1.97. The molecule has 2 nitrogen and oxygen atoms in total. The van der Waals surface area contributed by atoms with Crippen LogP contribution < -0.4 is 5.72 Å². The molecule has 0 unspecified atom stereocenters. The molecule has 0 radical (unpaired) electrons. The lowest BCUT2D eigenvalue weighted by Gasteiger charge is -2.12. The minimum absolute atomic E-state index is 0.776. The van der Waals surface area contributed by atoms with Crippen LogP contribution >= 0.6 is 0 Å². The quantitative estimate of drug-likeness (QED) is 0.512. The van der Waals surface area contributed by atoms with Gasteiger partial charge in [-0.2, -0.15) is 0 Å². The lowest BCUT2D eigenvalue weighted by atomic mass is 10.1. The maximum atomic E-state index is 7.18. The van der Waals surface area contributed by atoms with Gasteiger partial charge in [0.05, 0.1) is 9.30 Å². The Kier molecular flexibility index (Phi) is 0.149. The van der Waals surface area contributed by atoms with Crippen LogP contribution in [0.15, 0.2) is 0 Å². The van der Waals surface area contributed by atoms with Gasteiger partial charge in [0.2, 0.25) is 1.43 Å². The molecule has 0 aliphatic heterocycles. The van der Waals surface area contributed by atoms with Crippen LogP contribution in [-0.2, 0) is 0 Å². The Bertz CT molecular complexity index is 252. The Morgan fingerprint density at radius 1 is 2.50 bits per heavy atom. The van der Waals surface area contributed by atoms with E-state index in [9.17, 15) is 0 Å². The largest absolute Gasteiger partial charge is 0.394 e. The molecule has 3 N–H and O–H groups in total. The van der Waals surface area contributed by atoms with Crippen LogP contribution in [-0.4, -0.2) is 18.6 Å². The fourth-order valence-corrected chi connectivity index (χ4v) is 0. The Balaban J connectivity index is 6.16. The lowest BCUT2D eigenvalue weighted by Crippen LogP contribution is -2.35. The molecule has 0 aromatic rings. The molecular formula is C4H11NO. The third kappa shape index (κ3) is 3.92. The summed E-state index contributed by atoms with van der Waals surface area (Å²) >= 11 is 0. The highest BCUT2D eigenvalue weighted by Crippen LogP contribution is 1.89. The van der Waals surface area contributed by atoms with Crippen LogP contribution in [0.5, 0.6) is 0 Å². The SMILES string of the molecule is [2H]OC([2H])([2H])C(N([2H])[2H])(C([2H])([2H])[2H])C([2H])([2H])[2H]. The van der Waals surface area contributed by atoms with Crippen molar-refractivity contribution in [3.63, 3.8) is 0 Å². The van der Waals surface area contributed by atoms with Crippen molar-refractivity contribution in [2.45, 2.75) is 19.2 Å². The molecule has 0 heterocycles. The topological polar surface area (TPSA) is 46.2 Å². The number of hydrogen-bond donors (Lipinski definition) is 2. The fourth-order valence-electron chi connectivity index (χ4n) is 0. The minimum atomic E-state index is -3.59. The number of hydrogen-bond acceptors (Lipinski definition) is 2. The summed E-state index contributed by atoms with van der Waals surface area (Å²) in [6.07, 6.45) is 0. The van der Waals surface area contributed by atoms with Gasteiger partial charge in [-0.15, -0.1) is 0 Å². The van der Waals surface area contributed by atoms with Gasteiger partial charge in [0.1, 0.15) is 2.82 Å². The molecule has 0 amide bonds. The van der Waals surface area contributed by atoms with Gasteiger partial charge in [0, 0.05) is 13.8 Å². The zero-order chi connectivity index (χ0) is 14.3. The van der Waals surface area contributed by atoms with Gasteiger partial charge < -0.3 is 10.8 Å². The van der Waals surface area contributed by atoms with E-state index in [4.69, 9.17) is 15.2 Å². The molecular weight excluding hydrogens is 78.0 g/mol. The predicted octanol–water partition coefficient (Wildman–Crippen LogP) is -0.284. The zero-order valence-corrected chi connectivity index (χ0v) is 2.86. The third-order valence-electron chi connectivity index (χ3n) is 0.148. The van der Waals surface area contributed by atoms with E-state index in [-0.39, 0.29) is 0 Å². The Hall–Kier alpha value is -0.0800. The first-order valence-corrected chi connectivity index (χ1v) is 1.18. The molecule has 0 saturated carbocycles. The summed E-state index contributed by atoms with van der Waals surface area (Å²) < 4.78 is 77.1. The summed E-state index contributed by atoms with van der Waals surface area (Å²) in [5.74, 6) is 0. The van der Waals surface area contributed by atoms with E-state index < -0.39 is 31.5 Å². The number of aliphatic hydroxyl groups is 1. The lowest BCUT2D eigenvalue weighted by molar-refractivity contribution is 0.221. The van der Waals surface area contributed by atoms with Crippen LogP contribution in [0.2, 0.25) is 2.82 Å². The highest BCUT2D eigenvalue weighted by molar-refractivity contribution is 4.67. The first-order valence-electron chi connectivity index (χ1n) is 6.48. The standard InChI is InChI=1S/C4H11NO/c1-4(2,5)3-6/h6H,3,5H2,1-2H3/i1D3,2D3,3D2,6D/hD2. The van der Waals surface area contributed by atoms with E-state index in [1.807, 2.05) is 0 Å². The Morgan fingerprint density at radius 3 is 3.50 bits per heavy atom.